The van der Waals surface area contributed by atoms with Crippen molar-refractivity contribution in [3.63, 3.8) is 0 Å². The lowest BCUT2D eigenvalue weighted by molar-refractivity contribution is -0.00911. The molecule has 0 spiro atoms. The molecule has 33 heavy (non-hydrogen) atoms. The van der Waals surface area contributed by atoms with Crippen LogP contribution in [0.5, 0.6) is 5.75 Å². The van der Waals surface area contributed by atoms with Crippen LogP contribution in [-0.2, 0) is 4.74 Å². The number of aliphatic hydroxyl groups excluding tert-OH is 1. The van der Waals surface area contributed by atoms with E-state index in [1.165, 1.54) is 5.56 Å². The molecule has 0 saturated carbocycles. The first kappa shape index (κ1) is 23.3. The van der Waals surface area contributed by atoms with E-state index in [1.54, 1.807) is 7.11 Å². The number of aryl methyl sites for hydroxylation is 1. The molecule has 0 radical (unpaired) electrons. The minimum atomic E-state index is -0.543. The first-order valence-electron chi connectivity index (χ1n) is 11.7. The van der Waals surface area contributed by atoms with E-state index in [4.69, 9.17) is 9.47 Å². The number of nitrogens with zero attached hydrogens (tertiary/aromatic N) is 2. The summed E-state index contributed by atoms with van der Waals surface area (Å²) in [6.07, 6.45) is -0.734. The maximum absolute atomic E-state index is 10.8. The molecule has 0 bridgehead atoms. The normalized spacial score (nSPS) is 16.4. The highest BCUT2D eigenvalue weighted by atomic mass is 16.5. The topological polar surface area (TPSA) is 45.2 Å². The molecule has 3 aromatic rings. The minimum absolute atomic E-state index is 0.190. The standard InChI is InChI=1S/C28H34N2O3/c1-22-10-6-7-13-25(22)28(23-11-4-3-5-12-23)33-21-24(31)20-29-16-18-30(19-17-29)26-14-8-9-15-27(26)32-2/h3-15,24,28,31H,16-21H2,1-2H3/t24-,28-/m1/s1. The van der Waals surface area contributed by atoms with E-state index in [-0.39, 0.29) is 6.10 Å². The fourth-order valence-corrected chi connectivity index (χ4v) is 4.49. The lowest BCUT2D eigenvalue weighted by atomic mass is 9.97. The maximum Gasteiger partial charge on any atom is 0.142 e. The van der Waals surface area contributed by atoms with Crippen molar-refractivity contribution < 1.29 is 14.6 Å². The third-order valence-corrected chi connectivity index (χ3v) is 6.30. The number of benzene rings is 3. The number of anilines is 1. The fraction of sp³-hybridized carbons (Fsp3) is 0.357. The van der Waals surface area contributed by atoms with Crippen molar-refractivity contribution >= 4 is 5.69 Å². The SMILES string of the molecule is COc1ccccc1N1CCN(C[C@@H](O)CO[C@H](c2ccccc2)c2ccccc2C)CC1. The van der Waals surface area contributed by atoms with E-state index in [0.717, 1.165) is 48.7 Å². The van der Waals surface area contributed by atoms with Crippen LogP contribution in [0.3, 0.4) is 0 Å². The Kier molecular flexibility index (Phi) is 8.00. The van der Waals surface area contributed by atoms with Crippen molar-refractivity contribution in [1.82, 2.24) is 4.90 Å². The number of para-hydroxylation sites is 2. The number of hydrogen-bond donors (Lipinski definition) is 1. The number of piperazine rings is 1. The van der Waals surface area contributed by atoms with E-state index in [2.05, 4.69) is 47.1 Å². The molecular weight excluding hydrogens is 412 g/mol. The molecule has 2 atom stereocenters. The van der Waals surface area contributed by atoms with Crippen LogP contribution < -0.4 is 9.64 Å². The van der Waals surface area contributed by atoms with Crippen LogP contribution >= 0.6 is 0 Å². The Balaban J connectivity index is 1.33. The van der Waals surface area contributed by atoms with E-state index < -0.39 is 6.10 Å². The molecular formula is C28H34N2O3. The number of ether oxygens (including phenoxy) is 2. The predicted octanol–water partition coefficient (Wildman–Crippen LogP) is 4.29. The second-order valence-corrected chi connectivity index (χ2v) is 8.59. The molecule has 1 aliphatic rings. The van der Waals surface area contributed by atoms with Gasteiger partial charge in [-0.1, -0.05) is 66.7 Å². The van der Waals surface area contributed by atoms with E-state index >= 15 is 0 Å². The van der Waals surface area contributed by atoms with Gasteiger partial charge in [-0.05, 0) is 35.7 Å². The van der Waals surface area contributed by atoms with Gasteiger partial charge in [0.05, 0.1) is 25.5 Å². The van der Waals surface area contributed by atoms with Gasteiger partial charge in [-0.25, -0.2) is 0 Å². The van der Waals surface area contributed by atoms with Crippen molar-refractivity contribution in [3.05, 3.63) is 95.6 Å². The summed E-state index contributed by atoms with van der Waals surface area (Å²) in [6, 6.07) is 26.7. The number of β-amino-alcohol motifs (C(OH)–C–C–N with tert-alkyl or cyclic N) is 1. The fourth-order valence-electron chi connectivity index (χ4n) is 4.49. The lowest BCUT2D eigenvalue weighted by Crippen LogP contribution is -2.49. The second kappa shape index (κ2) is 11.3. The Morgan fingerprint density at radius 2 is 1.52 bits per heavy atom. The minimum Gasteiger partial charge on any atom is -0.495 e. The van der Waals surface area contributed by atoms with Crippen LogP contribution in [0.25, 0.3) is 0 Å². The molecule has 5 nitrogen and oxygen atoms in total. The van der Waals surface area contributed by atoms with Gasteiger partial charge >= 0.3 is 0 Å². The van der Waals surface area contributed by atoms with Gasteiger partial charge in [-0.2, -0.15) is 0 Å². The zero-order valence-electron chi connectivity index (χ0n) is 19.6. The molecule has 1 saturated heterocycles. The predicted molar refractivity (Wildman–Crippen MR) is 133 cm³/mol. The molecule has 4 rings (SSSR count). The number of hydrogen-bond acceptors (Lipinski definition) is 5. The molecule has 5 heteroatoms. The Hall–Kier alpha value is -2.86. The Morgan fingerprint density at radius 3 is 2.24 bits per heavy atom. The molecule has 174 valence electrons. The van der Waals surface area contributed by atoms with Gasteiger partial charge in [0.2, 0.25) is 0 Å². The molecule has 1 fully saturated rings. The van der Waals surface area contributed by atoms with Crippen LogP contribution in [0.4, 0.5) is 5.69 Å². The first-order chi connectivity index (χ1) is 16.2. The van der Waals surface area contributed by atoms with Gasteiger partial charge in [0.15, 0.2) is 0 Å². The molecule has 0 unspecified atom stereocenters. The van der Waals surface area contributed by atoms with Crippen molar-refractivity contribution in [2.75, 3.05) is 51.3 Å². The summed E-state index contributed by atoms with van der Waals surface area (Å²) in [5.41, 5.74) is 4.56. The van der Waals surface area contributed by atoms with E-state index in [1.807, 2.05) is 48.5 Å². The highest BCUT2D eigenvalue weighted by Gasteiger charge is 2.23. The smallest absolute Gasteiger partial charge is 0.142 e. The van der Waals surface area contributed by atoms with Crippen LogP contribution in [-0.4, -0.2) is 62.6 Å². The Morgan fingerprint density at radius 1 is 0.848 bits per heavy atom. The van der Waals surface area contributed by atoms with Gasteiger partial charge in [-0.15, -0.1) is 0 Å². The molecule has 0 aromatic heterocycles. The summed E-state index contributed by atoms with van der Waals surface area (Å²) in [5, 5.41) is 10.8. The number of rotatable bonds is 9. The average Bonchev–Trinajstić information content (AvgIpc) is 2.86. The van der Waals surface area contributed by atoms with Gasteiger partial charge in [0, 0.05) is 32.7 Å². The summed E-state index contributed by atoms with van der Waals surface area (Å²) < 4.78 is 11.8. The zero-order valence-corrected chi connectivity index (χ0v) is 19.6. The quantitative estimate of drug-likeness (QED) is 0.531. The van der Waals surface area contributed by atoms with Gasteiger partial charge in [0.1, 0.15) is 11.9 Å². The number of methoxy groups -OCH3 is 1. The zero-order chi connectivity index (χ0) is 23.0. The van der Waals surface area contributed by atoms with Crippen LogP contribution in [0.1, 0.15) is 22.8 Å². The van der Waals surface area contributed by atoms with Crippen molar-refractivity contribution in [1.29, 1.82) is 0 Å². The summed E-state index contributed by atoms with van der Waals surface area (Å²) in [5.74, 6) is 0.905. The summed E-state index contributed by atoms with van der Waals surface area (Å²) in [6.45, 7) is 6.61. The molecule has 0 aliphatic carbocycles. The first-order valence-corrected chi connectivity index (χ1v) is 11.7. The molecule has 0 amide bonds. The van der Waals surface area contributed by atoms with Crippen LogP contribution in [0, 0.1) is 6.92 Å². The third-order valence-electron chi connectivity index (χ3n) is 6.30. The average molecular weight is 447 g/mol. The maximum atomic E-state index is 10.8. The summed E-state index contributed by atoms with van der Waals surface area (Å²) in [4.78, 5) is 4.66. The summed E-state index contributed by atoms with van der Waals surface area (Å²) >= 11 is 0. The van der Waals surface area contributed by atoms with Crippen molar-refractivity contribution in [2.24, 2.45) is 0 Å². The van der Waals surface area contributed by atoms with Crippen molar-refractivity contribution in [2.45, 2.75) is 19.1 Å². The molecule has 1 heterocycles. The van der Waals surface area contributed by atoms with Gasteiger partial charge in [-0.3, -0.25) is 4.90 Å². The molecule has 1 aliphatic heterocycles. The monoisotopic (exact) mass is 446 g/mol. The Labute approximate surface area is 197 Å². The molecule has 1 N–H and O–H groups in total. The molecule has 3 aromatic carbocycles. The van der Waals surface area contributed by atoms with Crippen LogP contribution in [0.15, 0.2) is 78.9 Å². The highest BCUT2D eigenvalue weighted by Crippen LogP contribution is 2.30. The van der Waals surface area contributed by atoms with Gasteiger partial charge in [0.25, 0.3) is 0 Å². The highest BCUT2D eigenvalue weighted by molar-refractivity contribution is 5.58. The second-order valence-electron chi connectivity index (χ2n) is 8.59. The van der Waals surface area contributed by atoms with Crippen LogP contribution in [0.2, 0.25) is 0 Å². The Bertz CT molecular complexity index is 1000. The largest absolute Gasteiger partial charge is 0.495 e. The van der Waals surface area contributed by atoms with E-state index in [0.29, 0.717) is 13.2 Å². The van der Waals surface area contributed by atoms with E-state index in [9.17, 15) is 5.11 Å². The summed E-state index contributed by atoms with van der Waals surface area (Å²) in [7, 11) is 1.71. The van der Waals surface area contributed by atoms with Gasteiger partial charge < -0.3 is 19.5 Å². The number of aliphatic hydroxyl groups is 1. The lowest BCUT2D eigenvalue weighted by Gasteiger charge is -2.37. The third kappa shape index (κ3) is 5.93. The van der Waals surface area contributed by atoms with Crippen molar-refractivity contribution in [3.8, 4) is 5.75 Å².